The van der Waals surface area contributed by atoms with E-state index >= 15 is 0 Å². The van der Waals surface area contributed by atoms with Gasteiger partial charge in [-0.3, -0.25) is 9.59 Å². The van der Waals surface area contributed by atoms with Crippen molar-refractivity contribution in [3.8, 4) is 11.5 Å². The van der Waals surface area contributed by atoms with E-state index in [0.717, 1.165) is 27.4 Å². The van der Waals surface area contributed by atoms with E-state index in [0.29, 0.717) is 29.4 Å². The zero-order valence-corrected chi connectivity index (χ0v) is 24.0. The van der Waals surface area contributed by atoms with Crippen LogP contribution in [0.5, 0.6) is 11.5 Å². The number of carbonyl (C=O) groups is 2. The predicted molar refractivity (Wildman–Crippen MR) is 165 cm³/mol. The fraction of sp³-hybridized carbons (Fsp3) is 0.229. The monoisotopic (exact) mass is 592 g/mol. The van der Waals surface area contributed by atoms with Crippen LogP contribution in [-0.4, -0.2) is 51.4 Å². The minimum absolute atomic E-state index is 0.142. The molecular weight excluding hydrogens is 560 g/mol. The second-order valence-electron chi connectivity index (χ2n) is 10.8. The number of carbonyl (C=O) groups excluding carboxylic acids is 1. The highest BCUT2D eigenvalue weighted by atomic mass is 16.7. The molecule has 2 N–H and O–H groups in total. The number of benzene rings is 4. The summed E-state index contributed by atoms with van der Waals surface area (Å²) in [6.07, 6.45) is 2.37. The maximum Gasteiger partial charge on any atom is 0.303 e. The minimum atomic E-state index is -1.45. The molecule has 0 radical (unpaired) electrons. The second kappa shape index (κ2) is 13.0. The number of hydrogen-bond donors (Lipinski definition) is 2. The lowest BCUT2D eigenvalue weighted by molar-refractivity contribution is -0.143. The van der Waals surface area contributed by atoms with Crippen LogP contribution in [0.4, 0.5) is 0 Å². The molecule has 0 aliphatic carbocycles. The highest BCUT2D eigenvalue weighted by Gasteiger charge is 2.27. The first-order chi connectivity index (χ1) is 21.4. The average molecular weight is 593 g/mol. The summed E-state index contributed by atoms with van der Waals surface area (Å²) in [7, 11) is 0. The standard InChI is InChI=1S/C35H32N2O7/c38-29(15-17-34(39)40)35(41)37(20-23-12-13-24-6-1-2-7-25(24)18-23)21-27(26-14-16-31-32(19-26)43-22-42-31)8-5-11-33-36-28-9-3-4-10-30(28)44-33/h1-7,9-14,16,18-19,27,29,38H,8,15,17,20-22H2,(H,39,40)/b11-5+/t27-,29?/m0/s1. The van der Waals surface area contributed by atoms with Crippen LogP contribution in [-0.2, 0) is 16.1 Å². The van der Waals surface area contributed by atoms with Crippen LogP contribution in [0.1, 0.15) is 42.2 Å². The number of oxazole rings is 1. The van der Waals surface area contributed by atoms with E-state index < -0.39 is 18.0 Å². The van der Waals surface area contributed by atoms with Crippen molar-refractivity contribution in [1.82, 2.24) is 9.88 Å². The molecule has 0 spiro atoms. The van der Waals surface area contributed by atoms with Gasteiger partial charge < -0.3 is 29.0 Å². The van der Waals surface area contributed by atoms with Crippen molar-refractivity contribution >= 4 is 39.8 Å². The number of aliphatic hydroxyl groups is 1. The van der Waals surface area contributed by atoms with Gasteiger partial charge in [-0.1, -0.05) is 60.7 Å². The van der Waals surface area contributed by atoms with Crippen LogP contribution in [0, 0.1) is 0 Å². The van der Waals surface area contributed by atoms with Crippen LogP contribution in [0.2, 0.25) is 0 Å². The number of hydrogen-bond acceptors (Lipinski definition) is 7. The highest BCUT2D eigenvalue weighted by molar-refractivity contribution is 5.84. The summed E-state index contributed by atoms with van der Waals surface area (Å²) in [5, 5.41) is 22.0. The fourth-order valence-electron chi connectivity index (χ4n) is 5.43. The summed E-state index contributed by atoms with van der Waals surface area (Å²) in [5.41, 5.74) is 3.28. The number of para-hydroxylation sites is 2. The molecule has 4 aromatic carbocycles. The Bertz CT molecular complexity index is 1800. The Kier molecular flexibility index (Phi) is 8.56. The van der Waals surface area contributed by atoms with E-state index in [1.807, 2.05) is 97.1 Å². The van der Waals surface area contributed by atoms with E-state index in [2.05, 4.69) is 4.98 Å². The molecule has 44 heavy (non-hydrogen) atoms. The number of ether oxygens (including phenoxy) is 2. The van der Waals surface area contributed by atoms with E-state index in [1.165, 1.54) is 0 Å². The van der Waals surface area contributed by atoms with Gasteiger partial charge in [-0.05, 0) is 71.1 Å². The quantitative estimate of drug-likeness (QED) is 0.177. The predicted octanol–water partition coefficient (Wildman–Crippen LogP) is 6.15. The van der Waals surface area contributed by atoms with E-state index in [-0.39, 0.29) is 38.6 Å². The third-order valence-electron chi connectivity index (χ3n) is 7.72. The zero-order chi connectivity index (χ0) is 30.5. The molecule has 5 aromatic rings. The smallest absolute Gasteiger partial charge is 0.303 e. The fourth-order valence-corrected chi connectivity index (χ4v) is 5.43. The number of fused-ring (bicyclic) bond motifs is 3. The summed E-state index contributed by atoms with van der Waals surface area (Å²) in [4.78, 5) is 31.0. The molecule has 1 aliphatic rings. The Morgan fingerprint density at radius 3 is 2.57 bits per heavy atom. The average Bonchev–Trinajstić information content (AvgIpc) is 3.68. The first-order valence-electron chi connectivity index (χ1n) is 14.5. The largest absolute Gasteiger partial charge is 0.481 e. The molecule has 2 atom stereocenters. The number of carboxylic acid groups (broad SMARTS) is 1. The summed E-state index contributed by atoms with van der Waals surface area (Å²) in [6, 6.07) is 27.2. The molecule has 9 nitrogen and oxygen atoms in total. The maximum atomic E-state index is 13.7. The van der Waals surface area contributed by atoms with Crippen LogP contribution in [0.25, 0.3) is 27.9 Å². The van der Waals surface area contributed by atoms with E-state index in [1.54, 1.807) is 4.90 Å². The van der Waals surface area contributed by atoms with Crippen molar-refractivity contribution < 1.29 is 33.7 Å². The van der Waals surface area contributed by atoms with Crippen LogP contribution in [0.3, 0.4) is 0 Å². The summed E-state index contributed by atoms with van der Waals surface area (Å²) in [5.74, 6) is -0.0364. The van der Waals surface area contributed by atoms with Gasteiger partial charge in [0, 0.05) is 25.4 Å². The van der Waals surface area contributed by atoms with Crippen molar-refractivity contribution in [2.45, 2.75) is 37.8 Å². The number of rotatable bonds is 12. The summed E-state index contributed by atoms with van der Waals surface area (Å²) < 4.78 is 17.0. The molecule has 0 fully saturated rings. The van der Waals surface area contributed by atoms with Gasteiger partial charge in [0.15, 0.2) is 17.1 Å². The van der Waals surface area contributed by atoms with Crippen molar-refractivity contribution in [3.63, 3.8) is 0 Å². The minimum Gasteiger partial charge on any atom is -0.481 e. The lowest BCUT2D eigenvalue weighted by Crippen LogP contribution is -2.41. The second-order valence-corrected chi connectivity index (χ2v) is 10.8. The van der Waals surface area contributed by atoms with Gasteiger partial charge >= 0.3 is 5.97 Å². The molecule has 0 bridgehead atoms. The zero-order valence-electron chi connectivity index (χ0n) is 24.0. The van der Waals surface area contributed by atoms with E-state index in [4.69, 9.17) is 19.0 Å². The van der Waals surface area contributed by atoms with Crippen LogP contribution in [0.15, 0.2) is 95.4 Å². The normalized spacial score (nSPS) is 13.8. The van der Waals surface area contributed by atoms with Crippen molar-refractivity contribution in [1.29, 1.82) is 0 Å². The number of allylic oxidation sites excluding steroid dienone is 1. The number of aliphatic hydroxyl groups excluding tert-OH is 1. The maximum absolute atomic E-state index is 13.7. The van der Waals surface area contributed by atoms with Gasteiger partial charge in [0.25, 0.3) is 5.91 Å². The summed E-state index contributed by atoms with van der Waals surface area (Å²) in [6.45, 7) is 0.639. The van der Waals surface area contributed by atoms with Crippen molar-refractivity contribution in [2.24, 2.45) is 0 Å². The van der Waals surface area contributed by atoms with Gasteiger partial charge in [-0.25, -0.2) is 4.98 Å². The molecule has 224 valence electrons. The first-order valence-corrected chi connectivity index (χ1v) is 14.5. The number of carboxylic acids is 1. The molecule has 0 saturated heterocycles. The van der Waals surface area contributed by atoms with Crippen molar-refractivity contribution in [2.75, 3.05) is 13.3 Å². The van der Waals surface area contributed by atoms with E-state index in [9.17, 15) is 14.7 Å². The topological polar surface area (TPSA) is 122 Å². The lowest BCUT2D eigenvalue weighted by Gasteiger charge is -2.30. The van der Waals surface area contributed by atoms with Gasteiger partial charge in [-0.15, -0.1) is 0 Å². The molecule has 1 amide bonds. The highest BCUT2D eigenvalue weighted by Crippen LogP contribution is 2.36. The van der Waals surface area contributed by atoms with Gasteiger partial charge in [0.05, 0.1) is 0 Å². The van der Waals surface area contributed by atoms with Crippen molar-refractivity contribution in [3.05, 3.63) is 108 Å². The molecule has 1 aromatic heterocycles. The molecule has 0 saturated carbocycles. The third-order valence-corrected chi connectivity index (χ3v) is 7.72. The number of aliphatic carboxylic acids is 1. The molecule has 6 rings (SSSR count). The Morgan fingerprint density at radius 2 is 1.73 bits per heavy atom. The third kappa shape index (κ3) is 6.74. The first kappa shape index (κ1) is 28.9. The Balaban J connectivity index is 1.30. The van der Waals surface area contributed by atoms with Gasteiger partial charge in [0.2, 0.25) is 12.7 Å². The summed E-state index contributed by atoms with van der Waals surface area (Å²) >= 11 is 0. The molecule has 9 heteroatoms. The molecule has 1 aliphatic heterocycles. The number of aromatic nitrogens is 1. The van der Waals surface area contributed by atoms with Gasteiger partial charge in [-0.2, -0.15) is 0 Å². The van der Waals surface area contributed by atoms with Crippen LogP contribution < -0.4 is 9.47 Å². The Hall–Kier alpha value is -5.15. The molecular formula is C35H32N2O7. The van der Waals surface area contributed by atoms with Crippen LogP contribution >= 0.6 is 0 Å². The number of amides is 1. The number of nitrogens with zero attached hydrogens (tertiary/aromatic N) is 2. The molecule has 2 heterocycles. The SMILES string of the molecule is O=C(O)CCC(O)C(=O)N(Cc1ccc2ccccc2c1)C[C@H](C/C=C/c1nc2ccccc2o1)c1ccc2c(c1)OCO2. The molecule has 1 unspecified atom stereocenters. The Labute approximate surface area is 254 Å². The van der Waals surface area contributed by atoms with Gasteiger partial charge in [0.1, 0.15) is 11.6 Å². The lowest BCUT2D eigenvalue weighted by atomic mass is 9.93. The Morgan fingerprint density at radius 1 is 0.932 bits per heavy atom.